The quantitative estimate of drug-likeness (QED) is 0.643. The van der Waals surface area contributed by atoms with Crippen LogP contribution in [0.2, 0.25) is 0 Å². The van der Waals surface area contributed by atoms with Crippen molar-refractivity contribution in [2.24, 2.45) is 0 Å². The maximum atomic E-state index is 13.6. The Kier molecular flexibility index (Phi) is 3.02. The van der Waals surface area contributed by atoms with Gasteiger partial charge in [0.25, 0.3) is 0 Å². The normalized spacial score (nSPS) is 10.4. The average Bonchev–Trinajstić information content (AvgIpc) is 2.48. The first-order valence-electron chi connectivity index (χ1n) is 5.98. The zero-order chi connectivity index (χ0) is 13.1. The molecule has 0 aliphatic rings. The molecular weight excluding hydrogens is 239 g/mol. The summed E-state index contributed by atoms with van der Waals surface area (Å²) in [7, 11) is 0. The molecule has 0 radical (unpaired) electrons. The fourth-order valence-electron chi connectivity index (χ4n) is 1.93. The van der Waals surface area contributed by atoms with Gasteiger partial charge in [-0.1, -0.05) is 60.7 Å². The lowest BCUT2D eigenvalue weighted by Crippen LogP contribution is -1.95. The summed E-state index contributed by atoms with van der Waals surface area (Å²) in [6.07, 6.45) is -0.708. The molecule has 92 valence electrons. The van der Waals surface area contributed by atoms with Gasteiger partial charge < -0.3 is 0 Å². The van der Waals surface area contributed by atoms with E-state index in [-0.39, 0.29) is 0 Å². The van der Waals surface area contributed by atoms with Crippen LogP contribution in [0, 0.1) is 6.08 Å². The molecule has 0 saturated carbocycles. The first kappa shape index (κ1) is 11.5. The summed E-state index contributed by atoms with van der Waals surface area (Å²) < 4.78 is 13.6. The van der Waals surface area contributed by atoms with Crippen LogP contribution in [0.4, 0.5) is 4.39 Å². The highest BCUT2D eigenvalue weighted by Crippen LogP contribution is 2.23. The second-order valence-electron chi connectivity index (χ2n) is 4.14. The first-order chi connectivity index (χ1) is 9.33. The Morgan fingerprint density at radius 1 is 0.632 bits per heavy atom. The first-order valence-corrected chi connectivity index (χ1v) is 5.98. The molecule has 0 aliphatic carbocycles. The number of hydrogen-bond donors (Lipinski definition) is 0. The molecule has 0 unspecified atom stereocenters. The molecule has 0 aliphatic heterocycles. The molecule has 0 bridgehead atoms. The molecule has 2 aromatic carbocycles. The highest BCUT2D eigenvalue weighted by atomic mass is 19.1. The number of hydrogen-bond acceptors (Lipinski definition) is 2. The van der Waals surface area contributed by atoms with Gasteiger partial charge in [0, 0.05) is 11.1 Å². The van der Waals surface area contributed by atoms with E-state index in [0.29, 0.717) is 11.4 Å². The van der Waals surface area contributed by atoms with E-state index in [1.807, 2.05) is 60.7 Å². The molecule has 1 heterocycles. The molecule has 0 atom stereocenters. The summed E-state index contributed by atoms with van der Waals surface area (Å²) in [4.78, 5) is 7.70. The van der Waals surface area contributed by atoms with Gasteiger partial charge in [-0.25, -0.2) is 9.97 Å². The summed E-state index contributed by atoms with van der Waals surface area (Å²) >= 11 is 0. The molecule has 0 fully saturated rings. The van der Waals surface area contributed by atoms with Gasteiger partial charge in [0.15, 0.2) is 0 Å². The van der Waals surface area contributed by atoms with E-state index in [2.05, 4.69) is 9.97 Å². The van der Waals surface area contributed by atoms with E-state index in [4.69, 9.17) is 0 Å². The van der Waals surface area contributed by atoms with Crippen molar-refractivity contribution in [1.29, 1.82) is 0 Å². The lowest BCUT2D eigenvalue weighted by molar-refractivity contribution is 0.542. The summed E-state index contributed by atoms with van der Waals surface area (Å²) in [5.74, 6) is 0. The topological polar surface area (TPSA) is 25.8 Å². The summed E-state index contributed by atoms with van der Waals surface area (Å²) in [5.41, 5.74) is 2.93. The van der Waals surface area contributed by atoms with Crippen molar-refractivity contribution in [3.8, 4) is 22.5 Å². The van der Waals surface area contributed by atoms with Crippen molar-refractivity contribution in [2.45, 2.75) is 0 Å². The SMILES string of the molecule is Fc1nc(-c2ccccc2)cc(-c2ccccc2)n1. The van der Waals surface area contributed by atoms with Crippen molar-refractivity contribution < 1.29 is 4.39 Å². The largest absolute Gasteiger partial charge is 0.309 e. The molecular formula is C16H11FN2. The minimum atomic E-state index is -0.708. The standard InChI is InChI=1S/C16H11FN2/c17-16-18-14(12-7-3-1-4-8-12)11-15(19-16)13-9-5-2-6-10-13/h1-11H. The van der Waals surface area contributed by atoms with Gasteiger partial charge in [0.05, 0.1) is 11.4 Å². The maximum Gasteiger partial charge on any atom is 0.309 e. The lowest BCUT2D eigenvalue weighted by Gasteiger charge is -2.04. The number of rotatable bonds is 2. The summed E-state index contributed by atoms with van der Waals surface area (Å²) in [6.45, 7) is 0. The van der Waals surface area contributed by atoms with Gasteiger partial charge in [-0.3, -0.25) is 0 Å². The van der Waals surface area contributed by atoms with Crippen LogP contribution >= 0.6 is 0 Å². The van der Waals surface area contributed by atoms with Crippen LogP contribution < -0.4 is 0 Å². The third-order valence-corrected chi connectivity index (χ3v) is 2.84. The molecule has 19 heavy (non-hydrogen) atoms. The minimum absolute atomic E-state index is 0.590. The fourth-order valence-corrected chi connectivity index (χ4v) is 1.93. The Morgan fingerprint density at radius 2 is 1.05 bits per heavy atom. The monoisotopic (exact) mass is 250 g/mol. The van der Waals surface area contributed by atoms with E-state index in [0.717, 1.165) is 11.1 Å². The minimum Gasteiger partial charge on any atom is -0.202 e. The van der Waals surface area contributed by atoms with Crippen LogP contribution in [0.1, 0.15) is 0 Å². The summed E-state index contributed by atoms with van der Waals surface area (Å²) in [6, 6.07) is 20.8. The Labute approximate surface area is 110 Å². The van der Waals surface area contributed by atoms with Crippen molar-refractivity contribution in [1.82, 2.24) is 9.97 Å². The predicted molar refractivity (Wildman–Crippen MR) is 72.9 cm³/mol. The molecule has 1 aromatic heterocycles. The van der Waals surface area contributed by atoms with E-state index in [1.54, 1.807) is 6.07 Å². The Balaban J connectivity index is 2.12. The highest BCUT2D eigenvalue weighted by molar-refractivity contribution is 5.67. The Bertz CT molecular complexity index is 624. The van der Waals surface area contributed by atoms with Crippen LogP contribution in [-0.4, -0.2) is 9.97 Å². The van der Waals surface area contributed by atoms with E-state index >= 15 is 0 Å². The van der Waals surface area contributed by atoms with Gasteiger partial charge in [-0.2, -0.15) is 4.39 Å². The van der Waals surface area contributed by atoms with Crippen LogP contribution in [-0.2, 0) is 0 Å². The van der Waals surface area contributed by atoms with Gasteiger partial charge in [-0.15, -0.1) is 0 Å². The molecule has 0 N–H and O–H groups in total. The second kappa shape index (κ2) is 4.98. The summed E-state index contributed by atoms with van der Waals surface area (Å²) in [5, 5.41) is 0. The van der Waals surface area contributed by atoms with Gasteiger partial charge >= 0.3 is 6.08 Å². The van der Waals surface area contributed by atoms with Crippen LogP contribution in [0.15, 0.2) is 66.7 Å². The zero-order valence-corrected chi connectivity index (χ0v) is 10.1. The predicted octanol–water partition coefficient (Wildman–Crippen LogP) is 3.95. The van der Waals surface area contributed by atoms with Gasteiger partial charge in [0.2, 0.25) is 0 Å². The molecule has 3 rings (SSSR count). The number of halogens is 1. The number of nitrogens with zero attached hydrogens (tertiary/aromatic N) is 2. The number of benzene rings is 2. The molecule has 0 spiro atoms. The second-order valence-corrected chi connectivity index (χ2v) is 4.14. The Morgan fingerprint density at radius 3 is 1.47 bits per heavy atom. The van der Waals surface area contributed by atoms with Crippen LogP contribution in [0.25, 0.3) is 22.5 Å². The third-order valence-electron chi connectivity index (χ3n) is 2.84. The van der Waals surface area contributed by atoms with Crippen molar-refractivity contribution in [3.63, 3.8) is 0 Å². The molecule has 3 heteroatoms. The fraction of sp³-hybridized carbons (Fsp3) is 0. The highest BCUT2D eigenvalue weighted by Gasteiger charge is 2.07. The van der Waals surface area contributed by atoms with Crippen LogP contribution in [0.5, 0.6) is 0 Å². The molecule has 3 aromatic rings. The molecule has 2 nitrogen and oxygen atoms in total. The van der Waals surface area contributed by atoms with Gasteiger partial charge in [0.1, 0.15) is 0 Å². The smallest absolute Gasteiger partial charge is 0.202 e. The molecule has 0 saturated heterocycles. The Hall–Kier alpha value is -2.55. The number of aromatic nitrogens is 2. The zero-order valence-electron chi connectivity index (χ0n) is 10.1. The van der Waals surface area contributed by atoms with E-state index < -0.39 is 6.08 Å². The van der Waals surface area contributed by atoms with E-state index in [1.165, 1.54) is 0 Å². The lowest BCUT2D eigenvalue weighted by atomic mass is 10.1. The van der Waals surface area contributed by atoms with Crippen molar-refractivity contribution in [2.75, 3.05) is 0 Å². The van der Waals surface area contributed by atoms with Crippen molar-refractivity contribution in [3.05, 3.63) is 72.8 Å². The molecule has 0 amide bonds. The maximum absolute atomic E-state index is 13.6. The van der Waals surface area contributed by atoms with E-state index in [9.17, 15) is 4.39 Å². The van der Waals surface area contributed by atoms with Crippen molar-refractivity contribution >= 4 is 0 Å². The third kappa shape index (κ3) is 2.50. The van der Waals surface area contributed by atoms with Crippen LogP contribution in [0.3, 0.4) is 0 Å². The van der Waals surface area contributed by atoms with Gasteiger partial charge in [-0.05, 0) is 6.07 Å². The average molecular weight is 250 g/mol.